The Morgan fingerprint density at radius 3 is 2.55 bits per heavy atom. The van der Waals surface area contributed by atoms with E-state index in [-0.39, 0.29) is 0 Å². The van der Waals surface area contributed by atoms with Crippen molar-refractivity contribution in [3.63, 3.8) is 0 Å². The summed E-state index contributed by atoms with van der Waals surface area (Å²) in [5.74, 6) is 2.40. The molecule has 3 heterocycles. The molecule has 0 radical (unpaired) electrons. The van der Waals surface area contributed by atoms with E-state index in [1.807, 2.05) is 6.07 Å². The number of aromatic amines is 1. The molecule has 29 heavy (non-hydrogen) atoms. The van der Waals surface area contributed by atoms with Gasteiger partial charge in [0.25, 0.3) is 0 Å². The summed E-state index contributed by atoms with van der Waals surface area (Å²) in [5, 5.41) is 7.59. The number of nitrogens with two attached hydrogens (primary N) is 1. The number of hydrogen-bond acceptors (Lipinski definition) is 6. The molecular weight excluding hydrogens is 364 g/mol. The van der Waals surface area contributed by atoms with Gasteiger partial charge in [-0.15, -0.1) is 0 Å². The molecule has 1 aliphatic rings. The molecule has 3 N–H and O–H groups in total. The van der Waals surface area contributed by atoms with Gasteiger partial charge >= 0.3 is 0 Å². The van der Waals surface area contributed by atoms with Crippen molar-refractivity contribution in [1.29, 1.82) is 0 Å². The minimum Gasteiger partial charge on any atom is -0.383 e. The number of piperazine rings is 1. The van der Waals surface area contributed by atoms with Gasteiger partial charge < -0.3 is 25.0 Å². The van der Waals surface area contributed by atoms with Gasteiger partial charge in [0.1, 0.15) is 17.2 Å². The highest BCUT2D eigenvalue weighted by molar-refractivity contribution is 5.87. The summed E-state index contributed by atoms with van der Waals surface area (Å²) in [4.78, 5) is 12.1. The Morgan fingerprint density at radius 2 is 1.83 bits per heavy atom. The van der Waals surface area contributed by atoms with Crippen LogP contribution >= 0.6 is 0 Å². The van der Waals surface area contributed by atoms with Gasteiger partial charge in [0.05, 0.1) is 11.0 Å². The van der Waals surface area contributed by atoms with Crippen LogP contribution in [0, 0.1) is 0 Å². The lowest BCUT2D eigenvalue weighted by Gasteiger charge is -2.33. The third-order valence-corrected chi connectivity index (χ3v) is 5.99. The lowest BCUT2D eigenvalue weighted by atomic mass is 10.2. The monoisotopic (exact) mass is 396 g/mol. The van der Waals surface area contributed by atoms with E-state index in [0.29, 0.717) is 5.82 Å². The van der Waals surface area contributed by atoms with Crippen molar-refractivity contribution in [3.8, 4) is 11.4 Å². The van der Waals surface area contributed by atoms with Crippen molar-refractivity contribution in [1.82, 2.24) is 29.5 Å². The molecule has 1 saturated heterocycles. The van der Waals surface area contributed by atoms with Gasteiger partial charge in [-0.2, -0.15) is 5.10 Å². The Bertz CT molecular complexity index is 947. The highest BCUT2D eigenvalue weighted by Gasteiger charge is 2.26. The Hall–Kier alpha value is -2.58. The van der Waals surface area contributed by atoms with Crippen LogP contribution in [0.1, 0.15) is 13.8 Å². The van der Waals surface area contributed by atoms with Crippen LogP contribution in [0.3, 0.4) is 0 Å². The number of hydrogen-bond donors (Lipinski definition) is 2. The molecule has 0 bridgehead atoms. The third-order valence-electron chi connectivity index (χ3n) is 5.99. The topological polar surface area (TPSA) is 82.2 Å². The van der Waals surface area contributed by atoms with Crippen LogP contribution in [-0.2, 0) is 6.54 Å². The van der Waals surface area contributed by atoms with E-state index in [4.69, 9.17) is 10.7 Å². The molecular formula is C21H32N8. The van der Waals surface area contributed by atoms with Crippen LogP contribution in [-0.4, -0.2) is 82.4 Å². The van der Waals surface area contributed by atoms with E-state index in [1.165, 1.54) is 0 Å². The summed E-state index contributed by atoms with van der Waals surface area (Å²) in [6, 6.07) is 8.31. The Morgan fingerprint density at radius 1 is 1.10 bits per heavy atom. The van der Waals surface area contributed by atoms with Crippen molar-refractivity contribution in [2.45, 2.75) is 20.4 Å². The quantitative estimate of drug-likeness (QED) is 0.636. The number of anilines is 2. The summed E-state index contributed by atoms with van der Waals surface area (Å²) in [7, 11) is 2.16. The lowest BCUT2D eigenvalue weighted by molar-refractivity contribution is 0.292. The standard InChI is InChI=1S/C21H32N8/c1-4-27(5-2)12-15-29-17-9-7-6-8-16(17)23-20(29)18-19(22)24-25-21(18)28-13-10-26(3)11-14-28/h6-9H,4-5,10-15H2,1-3H3,(H3,22,24,25). The maximum absolute atomic E-state index is 6.39. The Kier molecular flexibility index (Phi) is 5.73. The fourth-order valence-corrected chi connectivity index (χ4v) is 4.09. The molecule has 4 rings (SSSR count). The number of nitrogen functional groups attached to an aromatic ring is 1. The van der Waals surface area contributed by atoms with E-state index in [9.17, 15) is 0 Å². The number of fused-ring (bicyclic) bond motifs is 1. The Labute approximate surface area is 172 Å². The first-order chi connectivity index (χ1) is 14.1. The summed E-state index contributed by atoms with van der Waals surface area (Å²) < 4.78 is 2.30. The van der Waals surface area contributed by atoms with Gasteiger partial charge in [0.15, 0.2) is 5.82 Å². The minimum atomic E-state index is 0.582. The molecule has 1 aromatic carbocycles. The molecule has 0 saturated carbocycles. The largest absolute Gasteiger partial charge is 0.383 e. The van der Waals surface area contributed by atoms with Crippen molar-refractivity contribution in [2.75, 3.05) is 63.5 Å². The number of aromatic nitrogens is 4. The maximum Gasteiger partial charge on any atom is 0.163 e. The molecule has 8 heteroatoms. The molecule has 156 valence electrons. The van der Waals surface area contributed by atoms with Crippen LogP contribution < -0.4 is 10.6 Å². The van der Waals surface area contributed by atoms with Crippen LogP contribution in [0.25, 0.3) is 22.4 Å². The third kappa shape index (κ3) is 3.82. The molecule has 0 aliphatic carbocycles. The average Bonchev–Trinajstić information content (AvgIpc) is 3.29. The predicted octanol–water partition coefficient (Wildman–Crippen LogP) is 2.10. The lowest BCUT2D eigenvalue weighted by Crippen LogP contribution is -2.44. The number of H-pyrrole nitrogens is 1. The van der Waals surface area contributed by atoms with Gasteiger partial charge in [-0.1, -0.05) is 26.0 Å². The van der Waals surface area contributed by atoms with Crippen LogP contribution in [0.5, 0.6) is 0 Å². The molecule has 0 unspecified atom stereocenters. The maximum atomic E-state index is 6.39. The molecule has 1 fully saturated rings. The van der Waals surface area contributed by atoms with E-state index >= 15 is 0 Å². The van der Waals surface area contributed by atoms with E-state index in [1.54, 1.807) is 0 Å². The number of rotatable bonds is 7. The molecule has 2 aromatic heterocycles. The smallest absolute Gasteiger partial charge is 0.163 e. The van der Waals surface area contributed by atoms with Crippen LogP contribution in [0.4, 0.5) is 11.6 Å². The molecule has 0 spiro atoms. The van der Waals surface area contributed by atoms with Crippen molar-refractivity contribution < 1.29 is 0 Å². The van der Waals surface area contributed by atoms with Crippen molar-refractivity contribution in [2.24, 2.45) is 0 Å². The van der Waals surface area contributed by atoms with Gasteiger partial charge in [0.2, 0.25) is 0 Å². The Balaban J connectivity index is 1.76. The van der Waals surface area contributed by atoms with E-state index in [2.05, 4.69) is 68.6 Å². The SMILES string of the molecule is CCN(CC)CCn1c(-c2c(N3CCN(C)CC3)n[nH]c2N)nc2ccccc21. The zero-order chi connectivity index (χ0) is 20.4. The first-order valence-corrected chi connectivity index (χ1v) is 10.6. The molecule has 8 nitrogen and oxygen atoms in total. The number of likely N-dealkylation sites (N-methyl/N-ethyl adjacent to an activating group) is 2. The second-order valence-corrected chi connectivity index (χ2v) is 7.73. The number of nitrogens with zero attached hydrogens (tertiary/aromatic N) is 6. The zero-order valence-electron chi connectivity index (χ0n) is 17.7. The first-order valence-electron chi connectivity index (χ1n) is 10.6. The molecule has 0 amide bonds. The summed E-state index contributed by atoms with van der Waals surface area (Å²) in [5.41, 5.74) is 9.44. The second kappa shape index (κ2) is 8.42. The average molecular weight is 397 g/mol. The van der Waals surface area contributed by atoms with Crippen molar-refractivity contribution in [3.05, 3.63) is 24.3 Å². The van der Waals surface area contributed by atoms with Gasteiger partial charge in [-0.05, 0) is 32.3 Å². The van der Waals surface area contributed by atoms with Crippen LogP contribution in [0.2, 0.25) is 0 Å². The highest BCUT2D eigenvalue weighted by atomic mass is 15.3. The molecule has 0 atom stereocenters. The van der Waals surface area contributed by atoms with E-state index < -0.39 is 0 Å². The fourth-order valence-electron chi connectivity index (χ4n) is 4.09. The van der Waals surface area contributed by atoms with Gasteiger partial charge in [-0.3, -0.25) is 5.10 Å². The fraction of sp³-hybridized carbons (Fsp3) is 0.524. The summed E-state index contributed by atoms with van der Waals surface area (Å²) >= 11 is 0. The number of para-hydroxylation sites is 2. The van der Waals surface area contributed by atoms with Gasteiger partial charge in [-0.25, -0.2) is 4.98 Å². The number of benzene rings is 1. The molecule has 3 aromatic rings. The van der Waals surface area contributed by atoms with Crippen LogP contribution in [0.15, 0.2) is 24.3 Å². The second-order valence-electron chi connectivity index (χ2n) is 7.73. The highest BCUT2D eigenvalue weighted by Crippen LogP contribution is 2.35. The number of nitrogens with one attached hydrogen (secondary N) is 1. The predicted molar refractivity (Wildman–Crippen MR) is 119 cm³/mol. The summed E-state index contributed by atoms with van der Waals surface area (Å²) in [6.45, 7) is 12.2. The minimum absolute atomic E-state index is 0.582. The van der Waals surface area contributed by atoms with E-state index in [0.717, 1.165) is 80.6 Å². The normalized spacial score (nSPS) is 15.7. The number of imidazole rings is 1. The van der Waals surface area contributed by atoms with Gasteiger partial charge in [0, 0.05) is 39.3 Å². The van der Waals surface area contributed by atoms with Crippen molar-refractivity contribution >= 4 is 22.7 Å². The zero-order valence-corrected chi connectivity index (χ0v) is 17.7. The summed E-state index contributed by atoms with van der Waals surface area (Å²) in [6.07, 6.45) is 0. The molecule has 1 aliphatic heterocycles. The first kappa shape index (κ1) is 19.7.